The molecule has 0 bridgehead atoms. The SMILES string of the molecule is CCn1c(-c2ccc3c(c2)OCCO3)cnc1SCC(=O)Nc1cc(C)on1. The number of hydrogen-bond donors (Lipinski definition) is 1. The van der Waals surface area contributed by atoms with Crippen molar-refractivity contribution in [3.05, 3.63) is 36.2 Å². The van der Waals surface area contributed by atoms with Gasteiger partial charge in [-0.15, -0.1) is 0 Å². The Balaban J connectivity index is 1.47. The minimum atomic E-state index is -0.162. The lowest BCUT2D eigenvalue weighted by Gasteiger charge is -2.19. The van der Waals surface area contributed by atoms with Crippen molar-refractivity contribution in [1.29, 1.82) is 0 Å². The van der Waals surface area contributed by atoms with Gasteiger partial charge in [0.25, 0.3) is 0 Å². The summed E-state index contributed by atoms with van der Waals surface area (Å²) in [6.45, 7) is 5.66. The zero-order chi connectivity index (χ0) is 19.5. The lowest BCUT2D eigenvalue weighted by molar-refractivity contribution is -0.113. The van der Waals surface area contributed by atoms with Gasteiger partial charge >= 0.3 is 0 Å². The second-order valence-corrected chi connectivity index (χ2v) is 7.13. The van der Waals surface area contributed by atoms with Crippen LogP contribution in [0.3, 0.4) is 0 Å². The smallest absolute Gasteiger partial charge is 0.236 e. The Kier molecular flexibility index (Phi) is 5.25. The maximum Gasteiger partial charge on any atom is 0.236 e. The highest BCUT2D eigenvalue weighted by Gasteiger charge is 2.17. The molecule has 9 heteroatoms. The summed E-state index contributed by atoms with van der Waals surface area (Å²) in [5.74, 6) is 2.62. The molecule has 8 nitrogen and oxygen atoms in total. The summed E-state index contributed by atoms with van der Waals surface area (Å²) < 4.78 is 18.3. The quantitative estimate of drug-likeness (QED) is 0.634. The maximum atomic E-state index is 12.2. The van der Waals surface area contributed by atoms with E-state index in [1.807, 2.05) is 31.3 Å². The average molecular weight is 400 g/mol. The summed E-state index contributed by atoms with van der Waals surface area (Å²) >= 11 is 1.38. The molecule has 0 spiro atoms. The topological polar surface area (TPSA) is 91.4 Å². The molecular formula is C19H20N4O4S. The minimum absolute atomic E-state index is 0.162. The van der Waals surface area contributed by atoms with Crippen LogP contribution < -0.4 is 14.8 Å². The fraction of sp³-hybridized carbons (Fsp3) is 0.316. The zero-order valence-electron chi connectivity index (χ0n) is 15.6. The van der Waals surface area contributed by atoms with Crippen LogP contribution >= 0.6 is 11.8 Å². The van der Waals surface area contributed by atoms with Crippen LogP contribution in [0.2, 0.25) is 0 Å². The highest BCUT2D eigenvalue weighted by Crippen LogP contribution is 2.35. The number of amides is 1. The number of aromatic nitrogens is 3. The van der Waals surface area contributed by atoms with E-state index >= 15 is 0 Å². The highest BCUT2D eigenvalue weighted by molar-refractivity contribution is 7.99. The van der Waals surface area contributed by atoms with Gasteiger partial charge in [0.15, 0.2) is 22.5 Å². The van der Waals surface area contributed by atoms with E-state index in [9.17, 15) is 4.79 Å². The van der Waals surface area contributed by atoms with Gasteiger partial charge in [-0.25, -0.2) is 4.98 Å². The Morgan fingerprint density at radius 1 is 1.25 bits per heavy atom. The van der Waals surface area contributed by atoms with E-state index in [0.29, 0.717) is 24.8 Å². The number of fused-ring (bicyclic) bond motifs is 1. The number of anilines is 1. The zero-order valence-corrected chi connectivity index (χ0v) is 16.4. The van der Waals surface area contributed by atoms with E-state index in [4.69, 9.17) is 14.0 Å². The number of nitrogens with one attached hydrogen (secondary N) is 1. The van der Waals surface area contributed by atoms with Gasteiger partial charge in [-0.3, -0.25) is 4.79 Å². The molecule has 1 aliphatic heterocycles. The Morgan fingerprint density at radius 3 is 2.82 bits per heavy atom. The van der Waals surface area contributed by atoms with Crippen LogP contribution in [0.15, 0.2) is 40.1 Å². The normalized spacial score (nSPS) is 12.8. The summed E-state index contributed by atoms with van der Waals surface area (Å²) in [5.41, 5.74) is 1.96. The molecule has 1 N–H and O–H groups in total. The van der Waals surface area contributed by atoms with E-state index in [1.54, 1.807) is 13.0 Å². The van der Waals surface area contributed by atoms with Gasteiger partial charge in [0.1, 0.15) is 19.0 Å². The second kappa shape index (κ2) is 7.97. The van der Waals surface area contributed by atoms with Crippen molar-refractivity contribution in [1.82, 2.24) is 14.7 Å². The third-order valence-electron chi connectivity index (χ3n) is 4.20. The fourth-order valence-corrected chi connectivity index (χ4v) is 3.79. The number of aryl methyl sites for hydroxylation is 1. The second-order valence-electron chi connectivity index (χ2n) is 6.19. The van der Waals surface area contributed by atoms with E-state index in [2.05, 4.69) is 20.0 Å². The first-order valence-electron chi connectivity index (χ1n) is 8.95. The lowest BCUT2D eigenvalue weighted by atomic mass is 10.1. The first-order chi connectivity index (χ1) is 13.6. The fourth-order valence-electron chi connectivity index (χ4n) is 2.95. The Bertz CT molecular complexity index is 998. The average Bonchev–Trinajstić information content (AvgIpc) is 3.31. The summed E-state index contributed by atoms with van der Waals surface area (Å²) in [6.07, 6.45) is 1.82. The van der Waals surface area contributed by atoms with Crippen LogP contribution in [0.4, 0.5) is 5.82 Å². The minimum Gasteiger partial charge on any atom is -0.486 e. The molecule has 0 radical (unpaired) electrons. The molecule has 1 amide bonds. The predicted octanol–water partition coefficient (Wildman–Crippen LogP) is 3.37. The number of hydrogen-bond acceptors (Lipinski definition) is 7. The molecule has 3 aromatic rings. The van der Waals surface area contributed by atoms with Crippen LogP contribution in [-0.2, 0) is 11.3 Å². The molecule has 28 heavy (non-hydrogen) atoms. The number of benzene rings is 1. The van der Waals surface area contributed by atoms with Gasteiger partial charge in [-0.2, -0.15) is 0 Å². The van der Waals surface area contributed by atoms with Gasteiger partial charge < -0.3 is 23.9 Å². The molecule has 3 heterocycles. The molecule has 4 rings (SSSR count). The van der Waals surface area contributed by atoms with E-state index in [1.165, 1.54) is 11.8 Å². The van der Waals surface area contributed by atoms with Crippen molar-refractivity contribution in [2.75, 3.05) is 24.3 Å². The standard InChI is InChI=1S/C19H20N4O4S/c1-3-23-14(13-4-5-15-16(9-13)26-7-6-25-15)10-20-19(23)28-11-18(24)21-17-8-12(2)27-22-17/h4-5,8-10H,3,6-7,11H2,1-2H3,(H,21,22,24). The number of nitrogens with zero attached hydrogens (tertiary/aromatic N) is 3. The molecule has 0 aliphatic carbocycles. The van der Waals surface area contributed by atoms with E-state index in [0.717, 1.165) is 34.5 Å². The molecule has 2 aromatic heterocycles. The number of carbonyl (C=O) groups is 1. The van der Waals surface area contributed by atoms with Gasteiger partial charge in [0.2, 0.25) is 5.91 Å². The highest BCUT2D eigenvalue weighted by atomic mass is 32.2. The monoisotopic (exact) mass is 400 g/mol. The number of thioether (sulfide) groups is 1. The third kappa shape index (κ3) is 3.84. The predicted molar refractivity (Wildman–Crippen MR) is 105 cm³/mol. The molecule has 146 valence electrons. The van der Waals surface area contributed by atoms with Crippen molar-refractivity contribution < 1.29 is 18.8 Å². The van der Waals surface area contributed by atoms with Crippen LogP contribution in [0, 0.1) is 6.92 Å². The number of carbonyl (C=O) groups excluding carboxylic acids is 1. The molecular weight excluding hydrogens is 380 g/mol. The van der Waals surface area contributed by atoms with Crippen molar-refractivity contribution in [3.8, 4) is 22.8 Å². The summed E-state index contributed by atoms with van der Waals surface area (Å²) in [5, 5.41) is 7.25. The van der Waals surface area contributed by atoms with Crippen molar-refractivity contribution >= 4 is 23.5 Å². The molecule has 0 saturated heterocycles. The third-order valence-corrected chi connectivity index (χ3v) is 5.19. The number of ether oxygens (including phenoxy) is 2. The van der Waals surface area contributed by atoms with Crippen LogP contribution in [0.5, 0.6) is 11.5 Å². The molecule has 0 unspecified atom stereocenters. The Hall–Kier alpha value is -2.94. The molecule has 1 aliphatic rings. The van der Waals surface area contributed by atoms with E-state index in [-0.39, 0.29) is 11.7 Å². The molecule has 0 fully saturated rings. The first kappa shape index (κ1) is 18.4. The van der Waals surface area contributed by atoms with Crippen molar-refractivity contribution in [2.45, 2.75) is 25.5 Å². The maximum absolute atomic E-state index is 12.2. The van der Waals surface area contributed by atoms with Gasteiger partial charge in [0.05, 0.1) is 17.6 Å². The van der Waals surface area contributed by atoms with Crippen LogP contribution in [-0.4, -0.2) is 39.6 Å². The van der Waals surface area contributed by atoms with E-state index < -0.39 is 0 Å². The Labute approximate surface area is 166 Å². The van der Waals surface area contributed by atoms with Gasteiger partial charge in [0, 0.05) is 18.2 Å². The van der Waals surface area contributed by atoms with Gasteiger partial charge in [-0.1, -0.05) is 16.9 Å². The molecule has 0 atom stereocenters. The first-order valence-corrected chi connectivity index (χ1v) is 9.94. The van der Waals surface area contributed by atoms with Gasteiger partial charge in [-0.05, 0) is 32.0 Å². The number of imidazole rings is 1. The number of rotatable bonds is 6. The largest absolute Gasteiger partial charge is 0.486 e. The summed E-state index contributed by atoms with van der Waals surface area (Å²) in [4.78, 5) is 16.6. The molecule has 1 aromatic carbocycles. The lowest BCUT2D eigenvalue weighted by Crippen LogP contribution is -2.15. The Morgan fingerprint density at radius 2 is 2.07 bits per heavy atom. The van der Waals surface area contributed by atoms with Crippen LogP contribution in [0.1, 0.15) is 12.7 Å². The summed E-state index contributed by atoms with van der Waals surface area (Å²) in [6, 6.07) is 7.54. The molecule has 0 saturated carbocycles. The van der Waals surface area contributed by atoms with Crippen LogP contribution in [0.25, 0.3) is 11.3 Å². The summed E-state index contributed by atoms with van der Waals surface area (Å²) in [7, 11) is 0. The van der Waals surface area contributed by atoms with Crippen molar-refractivity contribution in [2.24, 2.45) is 0 Å². The van der Waals surface area contributed by atoms with Crippen molar-refractivity contribution in [3.63, 3.8) is 0 Å².